The maximum atomic E-state index is 11.6. The Kier molecular flexibility index (Phi) is 3.86. The van der Waals surface area contributed by atoms with Crippen LogP contribution in [0.2, 0.25) is 0 Å². The monoisotopic (exact) mass is 243 g/mol. The fourth-order valence-corrected chi connectivity index (χ4v) is 2.16. The van der Waals surface area contributed by atoms with E-state index in [0.29, 0.717) is 5.69 Å². The molecule has 16 heavy (non-hydrogen) atoms. The first kappa shape index (κ1) is 12.5. The van der Waals surface area contributed by atoms with Gasteiger partial charge in [-0.05, 0) is 18.2 Å². The molecule has 0 unspecified atom stereocenters. The highest BCUT2D eigenvalue weighted by molar-refractivity contribution is 7.89. The lowest BCUT2D eigenvalue weighted by atomic mass is 10.3. The van der Waals surface area contributed by atoms with Crippen LogP contribution in [0.4, 0.5) is 5.69 Å². The van der Waals surface area contributed by atoms with E-state index in [4.69, 9.17) is 11.5 Å². The van der Waals surface area contributed by atoms with Crippen molar-refractivity contribution >= 4 is 21.6 Å². The molecule has 0 heterocycles. The first-order valence-electron chi connectivity index (χ1n) is 4.55. The maximum Gasteiger partial charge on any atom is 0.240 e. The number of hydrogen-bond acceptors (Lipinski definition) is 4. The van der Waals surface area contributed by atoms with Gasteiger partial charge in [0, 0.05) is 18.7 Å². The van der Waals surface area contributed by atoms with E-state index in [-0.39, 0.29) is 17.9 Å². The van der Waals surface area contributed by atoms with Crippen molar-refractivity contribution in [1.82, 2.24) is 4.72 Å². The van der Waals surface area contributed by atoms with Crippen LogP contribution in [0.25, 0.3) is 0 Å². The van der Waals surface area contributed by atoms with Gasteiger partial charge < -0.3 is 11.5 Å². The molecule has 88 valence electrons. The number of nitrogen functional groups attached to an aromatic ring is 1. The summed E-state index contributed by atoms with van der Waals surface area (Å²) in [5.41, 5.74) is 10.7. The molecule has 0 saturated heterocycles. The molecular formula is C9H13N3O3S. The van der Waals surface area contributed by atoms with Crippen LogP contribution in [0, 0.1) is 0 Å². The summed E-state index contributed by atoms with van der Waals surface area (Å²) in [7, 11) is -3.62. The topological polar surface area (TPSA) is 115 Å². The minimum absolute atomic E-state index is 0.0214. The van der Waals surface area contributed by atoms with Crippen LogP contribution >= 0.6 is 0 Å². The Morgan fingerprint density at radius 3 is 2.62 bits per heavy atom. The fraction of sp³-hybridized carbons (Fsp3) is 0.222. The lowest BCUT2D eigenvalue weighted by Gasteiger charge is -2.05. The minimum atomic E-state index is -3.62. The van der Waals surface area contributed by atoms with E-state index in [1.807, 2.05) is 0 Å². The van der Waals surface area contributed by atoms with E-state index in [1.165, 1.54) is 18.2 Å². The molecular weight excluding hydrogens is 230 g/mol. The Labute approximate surface area is 93.7 Å². The summed E-state index contributed by atoms with van der Waals surface area (Å²) >= 11 is 0. The zero-order valence-electron chi connectivity index (χ0n) is 8.51. The number of sulfonamides is 1. The third-order valence-electron chi connectivity index (χ3n) is 1.83. The number of benzene rings is 1. The van der Waals surface area contributed by atoms with E-state index in [2.05, 4.69) is 4.72 Å². The van der Waals surface area contributed by atoms with Crippen LogP contribution < -0.4 is 16.2 Å². The average molecular weight is 243 g/mol. The third kappa shape index (κ3) is 3.52. The fourth-order valence-electron chi connectivity index (χ4n) is 1.07. The van der Waals surface area contributed by atoms with E-state index in [1.54, 1.807) is 6.07 Å². The summed E-state index contributed by atoms with van der Waals surface area (Å²) in [6, 6.07) is 5.88. The summed E-state index contributed by atoms with van der Waals surface area (Å²) < 4.78 is 25.5. The van der Waals surface area contributed by atoms with Crippen LogP contribution in [-0.4, -0.2) is 20.9 Å². The number of hydrogen-bond donors (Lipinski definition) is 3. The third-order valence-corrected chi connectivity index (χ3v) is 3.29. The van der Waals surface area contributed by atoms with Gasteiger partial charge in [0.15, 0.2) is 0 Å². The van der Waals surface area contributed by atoms with E-state index in [9.17, 15) is 13.2 Å². The highest BCUT2D eigenvalue weighted by atomic mass is 32.2. The molecule has 1 rings (SSSR count). The molecule has 0 aliphatic rings. The summed E-state index contributed by atoms with van der Waals surface area (Å²) in [5.74, 6) is -0.560. The highest BCUT2D eigenvalue weighted by Gasteiger charge is 2.13. The lowest BCUT2D eigenvalue weighted by molar-refractivity contribution is -0.117. The minimum Gasteiger partial charge on any atom is -0.399 e. The maximum absolute atomic E-state index is 11.6. The standard InChI is InChI=1S/C9H13N3O3S/c10-7-2-1-3-8(6-7)16(14,15)12-5-4-9(11)13/h1-3,6,12H,4-5,10H2,(H2,11,13). The number of rotatable bonds is 5. The SMILES string of the molecule is NC(=O)CCNS(=O)(=O)c1cccc(N)c1. The van der Waals surface area contributed by atoms with Crippen LogP contribution in [0.1, 0.15) is 6.42 Å². The molecule has 0 aliphatic carbocycles. The molecule has 0 radical (unpaired) electrons. The number of primary amides is 1. The summed E-state index contributed by atoms with van der Waals surface area (Å²) in [6.45, 7) is -0.0214. The van der Waals surface area contributed by atoms with Gasteiger partial charge in [-0.15, -0.1) is 0 Å². The van der Waals surface area contributed by atoms with E-state index < -0.39 is 15.9 Å². The summed E-state index contributed by atoms with van der Waals surface area (Å²) in [5, 5.41) is 0. The Morgan fingerprint density at radius 2 is 2.06 bits per heavy atom. The first-order chi connectivity index (χ1) is 7.42. The summed E-state index contributed by atoms with van der Waals surface area (Å²) in [4.78, 5) is 10.5. The molecule has 6 nitrogen and oxygen atoms in total. The smallest absolute Gasteiger partial charge is 0.240 e. The molecule has 0 atom stereocenters. The highest BCUT2D eigenvalue weighted by Crippen LogP contribution is 2.12. The average Bonchev–Trinajstić information content (AvgIpc) is 2.16. The Bertz CT molecular complexity index is 485. The van der Waals surface area contributed by atoms with Gasteiger partial charge in [0.2, 0.25) is 15.9 Å². The second kappa shape index (κ2) is 4.95. The van der Waals surface area contributed by atoms with Gasteiger partial charge in [-0.2, -0.15) is 0 Å². The molecule has 0 aromatic heterocycles. The van der Waals surface area contributed by atoms with Crippen molar-refractivity contribution < 1.29 is 13.2 Å². The van der Waals surface area contributed by atoms with Gasteiger partial charge in [-0.3, -0.25) is 4.79 Å². The Hall–Kier alpha value is -1.60. The lowest BCUT2D eigenvalue weighted by Crippen LogP contribution is -2.28. The molecule has 7 heteroatoms. The molecule has 0 aliphatic heterocycles. The van der Waals surface area contributed by atoms with Gasteiger partial charge in [-0.1, -0.05) is 6.07 Å². The normalized spacial score (nSPS) is 11.2. The van der Waals surface area contributed by atoms with Crippen LogP contribution in [-0.2, 0) is 14.8 Å². The molecule has 1 aromatic carbocycles. The van der Waals surface area contributed by atoms with Crippen molar-refractivity contribution in [2.45, 2.75) is 11.3 Å². The van der Waals surface area contributed by atoms with Gasteiger partial charge in [-0.25, -0.2) is 13.1 Å². The van der Waals surface area contributed by atoms with Crippen molar-refractivity contribution in [3.8, 4) is 0 Å². The second-order valence-electron chi connectivity index (χ2n) is 3.19. The number of anilines is 1. The van der Waals surface area contributed by atoms with E-state index in [0.717, 1.165) is 0 Å². The zero-order chi connectivity index (χ0) is 12.2. The van der Waals surface area contributed by atoms with Crippen molar-refractivity contribution in [2.24, 2.45) is 5.73 Å². The number of amides is 1. The van der Waals surface area contributed by atoms with Crippen molar-refractivity contribution in [3.05, 3.63) is 24.3 Å². The number of nitrogens with one attached hydrogen (secondary N) is 1. The predicted octanol–water partition coefficient (Wildman–Crippen LogP) is -0.577. The van der Waals surface area contributed by atoms with Crippen LogP contribution in [0.3, 0.4) is 0 Å². The zero-order valence-corrected chi connectivity index (χ0v) is 9.33. The summed E-state index contributed by atoms with van der Waals surface area (Å²) in [6.07, 6.45) is -0.0401. The quantitative estimate of drug-likeness (QED) is 0.600. The van der Waals surface area contributed by atoms with Crippen LogP contribution in [0.5, 0.6) is 0 Å². The largest absolute Gasteiger partial charge is 0.399 e. The van der Waals surface area contributed by atoms with Gasteiger partial charge >= 0.3 is 0 Å². The molecule has 0 saturated carbocycles. The van der Waals surface area contributed by atoms with Crippen molar-refractivity contribution in [3.63, 3.8) is 0 Å². The molecule has 0 spiro atoms. The molecule has 5 N–H and O–H groups in total. The Morgan fingerprint density at radius 1 is 1.38 bits per heavy atom. The Balaban J connectivity index is 2.74. The number of carbonyl (C=O) groups is 1. The number of nitrogens with two attached hydrogens (primary N) is 2. The molecule has 0 fully saturated rings. The first-order valence-corrected chi connectivity index (χ1v) is 6.03. The predicted molar refractivity (Wildman–Crippen MR) is 59.9 cm³/mol. The van der Waals surface area contributed by atoms with Gasteiger partial charge in [0.25, 0.3) is 0 Å². The molecule has 0 bridgehead atoms. The van der Waals surface area contributed by atoms with Crippen molar-refractivity contribution in [1.29, 1.82) is 0 Å². The van der Waals surface area contributed by atoms with E-state index >= 15 is 0 Å². The van der Waals surface area contributed by atoms with Crippen molar-refractivity contribution in [2.75, 3.05) is 12.3 Å². The number of carbonyl (C=O) groups excluding carboxylic acids is 1. The molecule has 1 aromatic rings. The molecule has 1 amide bonds. The van der Waals surface area contributed by atoms with Gasteiger partial charge in [0.1, 0.15) is 0 Å². The second-order valence-corrected chi connectivity index (χ2v) is 4.95. The van der Waals surface area contributed by atoms with Crippen LogP contribution in [0.15, 0.2) is 29.2 Å². The van der Waals surface area contributed by atoms with Gasteiger partial charge in [0.05, 0.1) is 4.90 Å².